The van der Waals surface area contributed by atoms with Crippen LogP contribution in [0.4, 0.5) is 5.69 Å². The number of benzene rings is 1. The van der Waals surface area contributed by atoms with Crippen molar-refractivity contribution in [1.29, 1.82) is 5.41 Å². The van der Waals surface area contributed by atoms with E-state index in [0.717, 1.165) is 38.4 Å². The largest absolute Gasteiger partial charge is 0.332 e. The Labute approximate surface area is 231 Å². The Kier molecular flexibility index (Phi) is 9.79. The van der Waals surface area contributed by atoms with Gasteiger partial charge in [-0.3, -0.25) is 14.7 Å². The molecule has 8 heteroatoms. The number of aromatic nitrogens is 3. The minimum absolute atomic E-state index is 0.203. The lowest BCUT2D eigenvalue weighted by Gasteiger charge is -2.32. The number of hydrogen-bond donors (Lipinski definition) is 3. The number of nitrogens with one attached hydrogen (secondary N) is 3. The van der Waals surface area contributed by atoms with Gasteiger partial charge < -0.3 is 20.6 Å². The number of nitrogens with zero attached hydrogens (tertiary/aromatic N) is 4. The predicted molar refractivity (Wildman–Crippen MR) is 157 cm³/mol. The van der Waals surface area contributed by atoms with Crippen LogP contribution in [0, 0.1) is 17.3 Å². The van der Waals surface area contributed by atoms with Gasteiger partial charge in [-0.1, -0.05) is 25.8 Å². The molecular weight excluding hydrogens is 486 g/mol. The Hall–Kier alpha value is -4.06. The van der Waals surface area contributed by atoms with Crippen molar-refractivity contribution >= 4 is 23.9 Å². The third-order valence-electron chi connectivity index (χ3n) is 6.70. The monoisotopic (exact) mass is 523 g/mol. The van der Waals surface area contributed by atoms with Crippen LogP contribution in [0.1, 0.15) is 71.2 Å². The standard InChI is InChI=1S/C29H31N7O.C2H6/c1-35-11-13-36(14-12-35)20-23-7-9-25(16-27(23)22-5-6-22)34-29(37)24-15-21(17-31-18-24)4-8-26-19-32-28(33-26)3-2-10-30;1-2/h2-3,7,9-10,15-19,22,30H,5-6,11-14,20H2,1H3,(H,32,33)(H,34,37);1-2H3/b3-2-,30-10?;. The molecule has 1 aliphatic heterocycles. The Morgan fingerprint density at radius 1 is 1.13 bits per heavy atom. The van der Waals surface area contributed by atoms with Gasteiger partial charge in [0.15, 0.2) is 0 Å². The Bertz CT molecular complexity index is 1370. The predicted octanol–water partition coefficient (Wildman–Crippen LogP) is 4.77. The van der Waals surface area contributed by atoms with Gasteiger partial charge in [0.05, 0.1) is 11.8 Å². The molecule has 1 amide bonds. The Balaban J connectivity index is 0.00000172. The van der Waals surface area contributed by atoms with Crippen LogP contribution in [0.25, 0.3) is 6.08 Å². The van der Waals surface area contributed by atoms with Crippen molar-refractivity contribution < 1.29 is 4.79 Å². The van der Waals surface area contributed by atoms with E-state index < -0.39 is 0 Å². The number of aromatic amines is 1. The van der Waals surface area contributed by atoms with E-state index in [1.807, 2.05) is 19.9 Å². The summed E-state index contributed by atoms with van der Waals surface area (Å²) in [5.74, 6) is 7.06. The third kappa shape index (κ3) is 7.96. The molecule has 2 fully saturated rings. The van der Waals surface area contributed by atoms with Crippen LogP contribution in [0.2, 0.25) is 0 Å². The van der Waals surface area contributed by atoms with E-state index in [9.17, 15) is 4.79 Å². The number of anilines is 1. The number of H-pyrrole nitrogens is 1. The van der Waals surface area contributed by atoms with Crippen LogP contribution < -0.4 is 5.32 Å². The first-order valence-corrected chi connectivity index (χ1v) is 13.6. The zero-order valence-electron chi connectivity index (χ0n) is 23.0. The summed E-state index contributed by atoms with van der Waals surface area (Å²) in [5.41, 5.74) is 5.29. The number of piperazine rings is 1. The van der Waals surface area contributed by atoms with Crippen molar-refractivity contribution in [3.8, 4) is 11.8 Å². The molecule has 39 heavy (non-hydrogen) atoms. The second-order valence-electron chi connectivity index (χ2n) is 9.64. The fraction of sp³-hybridized carbons (Fsp3) is 0.355. The molecule has 3 aromatic rings. The summed E-state index contributed by atoms with van der Waals surface area (Å²) in [4.78, 5) is 29.4. The molecule has 0 unspecified atom stereocenters. The van der Waals surface area contributed by atoms with Crippen molar-refractivity contribution in [2.24, 2.45) is 0 Å². The van der Waals surface area contributed by atoms with Crippen LogP contribution >= 0.6 is 0 Å². The number of hydrogen-bond acceptors (Lipinski definition) is 6. The molecule has 8 nitrogen and oxygen atoms in total. The summed E-state index contributed by atoms with van der Waals surface area (Å²) in [6.45, 7) is 9.37. The average molecular weight is 524 g/mol. The first kappa shape index (κ1) is 28.0. The SMILES string of the molecule is CC.CN1CCN(Cc2ccc(NC(=O)c3cncc(C#Cc4cnc(/C=C\C=N)[nH]4)c3)cc2C2CC2)CC1. The minimum atomic E-state index is -0.203. The molecule has 1 saturated heterocycles. The molecule has 2 aliphatic rings. The fourth-order valence-corrected chi connectivity index (χ4v) is 4.44. The van der Waals surface area contributed by atoms with Crippen LogP contribution in [-0.4, -0.2) is 70.1 Å². The van der Waals surface area contributed by atoms with Crippen molar-refractivity contribution in [2.45, 2.75) is 39.2 Å². The van der Waals surface area contributed by atoms with Gasteiger partial charge >= 0.3 is 0 Å². The van der Waals surface area contributed by atoms with E-state index >= 15 is 0 Å². The van der Waals surface area contributed by atoms with Gasteiger partial charge in [-0.25, -0.2) is 4.98 Å². The molecule has 3 N–H and O–H groups in total. The van der Waals surface area contributed by atoms with E-state index in [-0.39, 0.29) is 5.91 Å². The summed E-state index contributed by atoms with van der Waals surface area (Å²) < 4.78 is 0. The van der Waals surface area contributed by atoms with Gasteiger partial charge in [-0.15, -0.1) is 0 Å². The maximum Gasteiger partial charge on any atom is 0.257 e. The quantitative estimate of drug-likeness (QED) is 0.306. The smallest absolute Gasteiger partial charge is 0.257 e. The molecule has 3 heterocycles. The number of allylic oxidation sites excluding steroid dienone is 1. The zero-order valence-corrected chi connectivity index (χ0v) is 23.0. The summed E-state index contributed by atoms with van der Waals surface area (Å²) >= 11 is 0. The first-order valence-electron chi connectivity index (χ1n) is 13.6. The van der Waals surface area contributed by atoms with Crippen LogP contribution in [0.5, 0.6) is 0 Å². The number of imidazole rings is 1. The molecule has 2 aromatic heterocycles. The highest BCUT2D eigenvalue weighted by molar-refractivity contribution is 6.04. The van der Waals surface area contributed by atoms with Crippen LogP contribution in [0.3, 0.4) is 0 Å². The van der Waals surface area contributed by atoms with E-state index in [4.69, 9.17) is 5.41 Å². The van der Waals surface area contributed by atoms with E-state index in [1.165, 1.54) is 30.2 Å². The molecule has 0 atom stereocenters. The van der Waals surface area contributed by atoms with Crippen molar-refractivity contribution in [1.82, 2.24) is 24.8 Å². The van der Waals surface area contributed by atoms with Crippen LogP contribution in [0.15, 0.2) is 48.9 Å². The molecule has 0 spiro atoms. The van der Waals surface area contributed by atoms with Gasteiger partial charge in [0.25, 0.3) is 5.91 Å². The highest BCUT2D eigenvalue weighted by Gasteiger charge is 2.27. The van der Waals surface area contributed by atoms with Gasteiger partial charge in [-0.2, -0.15) is 0 Å². The molecule has 202 valence electrons. The second kappa shape index (κ2) is 13.7. The van der Waals surface area contributed by atoms with Crippen molar-refractivity contribution in [2.75, 3.05) is 38.5 Å². The van der Waals surface area contributed by atoms with E-state index in [0.29, 0.717) is 28.6 Å². The molecular formula is C31H37N7O. The molecule has 0 radical (unpaired) electrons. The summed E-state index contributed by atoms with van der Waals surface area (Å²) in [6.07, 6.45) is 11.7. The number of rotatable bonds is 7. The first-order chi connectivity index (χ1) is 19.1. The third-order valence-corrected chi connectivity index (χ3v) is 6.70. The van der Waals surface area contributed by atoms with Gasteiger partial charge in [0.1, 0.15) is 11.5 Å². The maximum atomic E-state index is 13.0. The number of pyridine rings is 1. The average Bonchev–Trinajstić information content (AvgIpc) is 3.72. The maximum absolute atomic E-state index is 13.0. The highest BCUT2D eigenvalue weighted by atomic mass is 16.1. The Morgan fingerprint density at radius 2 is 1.92 bits per heavy atom. The van der Waals surface area contributed by atoms with Gasteiger partial charge in [-0.05, 0) is 73.2 Å². The van der Waals surface area contributed by atoms with Crippen molar-refractivity contribution in [3.05, 3.63) is 82.7 Å². The molecule has 1 saturated carbocycles. The molecule has 1 aliphatic carbocycles. The highest BCUT2D eigenvalue weighted by Crippen LogP contribution is 2.43. The normalized spacial score (nSPS) is 15.7. The summed E-state index contributed by atoms with van der Waals surface area (Å²) in [7, 11) is 2.18. The number of likely N-dealkylation sites (N-methyl/N-ethyl adjacent to an activating group) is 1. The van der Waals surface area contributed by atoms with E-state index in [1.54, 1.807) is 36.8 Å². The minimum Gasteiger partial charge on any atom is -0.332 e. The Morgan fingerprint density at radius 3 is 2.67 bits per heavy atom. The van der Waals surface area contributed by atoms with E-state index in [2.05, 4.69) is 61.1 Å². The lowest BCUT2D eigenvalue weighted by atomic mass is 10.0. The topological polar surface area (TPSA) is 101 Å². The number of amides is 1. The van der Waals surface area contributed by atoms with Crippen molar-refractivity contribution in [3.63, 3.8) is 0 Å². The number of carbonyl (C=O) groups is 1. The lowest BCUT2D eigenvalue weighted by Crippen LogP contribution is -2.44. The molecule has 5 rings (SSSR count). The summed E-state index contributed by atoms with van der Waals surface area (Å²) in [6, 6.07) is 8.08. The van der Waals surface area contributed by atoms with Crippen LogP contribution in [-0.2, 0) is 6.54 Å². The molecule has 0 bridgehead atoms. The molecule has 1 aromatic carbocycles. The fourth-order valence-electron chi connectivity index (χ4n) is 4.44. The van der Waals surface area contributed by atoms with Gasteiger partial charge in [0, 0.05) is 62.6 Å². The van der Waals surface area contributed by atoms with Gasteiger partial charge in [0.2, 0.25) is 0 Å². The lowest BCUT2D eigenvalue weighted by molar-refractivity contribution is 0.102. The summed E-state index contributed by atoms with van der Waals surface area (Å²) in [5, 5.41) is 10.1. The second-order valence-corrected chi connectivity index (χ2v) is 9.64. The number of carbonyl (C=O) groups excluding carboxylic acids is 1. The zero-order chi connectivity index (χ0) is 27.6.